The van der Waals surface area contributed by atoms with E-state index in [0.717, 1.165) is 11.0 Å². The Morgan fingerprint density at radius 1 is 1.63 bits per heavy atom. The van der Waals surface area contributed by atoms with E-state index in [1.54, 1.807) is 31.5 Å². The molecule has 104 valence electrons. The van der Waals surface area contributed by atoms with Gasteiger partial charge in [0.25, 0.3) is 0 Å². The highest BCUT2D eigenvalue weighted by atomic mass is 79.9. The van der Waals surface area contributed by atoms with Crippen LogP contribution in [-0.2, 0) is 12.1 Å². The number of hydrogen-bond acceptors (Lipinski definition) is 4. The van der Waals surface area contributed by atoms with Gasteiger partial charge in [-0.2, -0.15) is 5.10 Å². The van der Waals surface area contributed by atoms with Gasteiger partial charge in [-0.05, 0) is 41.9 Å². The van der Waals surface area contributed by atoms with E-state index in [1.165, 1.54) is 0 Å². The van der Waals surface area contributed by atoms with E-state index in [4.69, 9.17) is 4.42 Å². The van der Waals surface area contributed by atoms with Gasteiger partial charge in [-0.1, -0.05) is 0 Å². The smallest absolute Gasteiger partial charge is 0.136 e. The van der Waals surface area contributed by atoms with Gasteiger partial charge in [-0.15, -0.1) is 0 Å². The molecule has 0 aromatic carbocycles. The molecule has 5 nitrogen and oxygen atoms in total. The molecule has 0 saturated carbocycles. The van der Waals surface area contributed by atoms with Gasteiger partial charge in [0.05, 0.1) is 23.5 Å². The molecule has 2 unspecified atom stereocenters. The Labute approximate surface area is 120 Å². The van der Waals surface area contributed by atoms with Crippen molar-refractivity contribution >= 4 is 15.9 Å². The van der Waals surface area contributed by atoms with E-state index in [2.05, 4.69) is 26.3 Å². The maximum absolute atomic E-state index is 10.3. The molecule has 2 heterocycles. The average molecular weight is 328 g/mol. The van der Waals surface area contributed by atoms with Crippen molar-refractivity contribution in [2.75, 3.05) is 6.54 Å². The van der Waals surface area contributed by atoms with Crippen LogP contribution in [0.1, 0.15) is 19.6 Å². The zero-order chi connectivity index (χ0) is 13.9. The Kier molecular flexibility index (Phi) is 4.44. The van der Waals surface area contributed by atoms with Crippen molar-refractivity contribution in [1.29, 1.82) is 0 Å². The number of aromatic nitrogens is 2. The van der Waals surface area contributed by atoms with Gasteiger partial charge in [0, 0.05) is 18.8 Å². The minimum Gasteiger partial charge on any atom is -0.466 e. The fourth-order valence-electron chi connectivity index (χ4n) is 1.83. The fourth-order valence-corrected chi connectivity index (χ4v) is 2.16. The lowest BCUT2D eigenvalue weighted by Crippen LogP contribution is -2.41. The van der Waals surface area contributed by atoms with Gasteiger partial charge in [-0.25, -0.2) is 0 Å². The van der Waals surface area contributed by atoms with Crippen molar-refractivity contribution < 1.29 is 9.52 Å². The molecule has 2 atom stereocenters. The molecule has 2 aromatic heterocycles. The maximum atomic E-state index is 10.3. The number of hydrogen-bond donors (Lipinski definition) is 2. The summed E-state index contributed by atoms with van der Waals surface area (Å²) >= 11 is 3.36. The minimum atomic E-state index is -1.01. The Hall–Kier alpha value is -1.11. The Bertz CT molecular complexity index is 508. The Morgan fingerprint density at radius 2 is 2.42 bits per heavy atom. The molecule has 0 bridgehead atoms. The molecule has 0 aliphatic carbocycles. The van der Waals surface area contributed by atoms with Crippen LogP contribution in [0.15, 0.2) is 39.7 Å². The van der Waals surface area contributed by atoms with Crippen LogP contribution in [0, 0.1) is 0 Å². The molecule has 2 N–H and O–H groups in total. The van der Waals surface area contributed by atoms with Crippen molar-refractivity contribution in [3.8, 4) is 0 Å². The molecule has 0 aliphatic rings. The number of furan rings is 1. The summed E-state index contributed by atoms with van der Waals surface area (Å²) in [5.74, 6) is 0.564. The second-order valence-electron chi connectivity index (χ2n) is 4.91. The van der Waals surface area contributed by atoms with Crippen molar-refractivity contribution in [2.45, 2.75) is 32.0 Å². The molecule has 0 radical (unpaired) electrons. The summed E-state index contributed by atoms with van der Waals surface area (Å²) in [5, 5.41) is 17.8. The van der Waals surface area contributed by atoms with E-state index in [9.17, 15) is 5.11 Å². The predicted molar refractivity (Wildman–Crippen MR) is 75.7 cm³/mol. The molecule has 2 rings (SSSR count). The van der Waals surface area contributed by atoms with Crippen LogP contribution in [0.2, 0.25) is 0 Å². The van der Waals surface area contributed by atoms with E-state index in [-0.39, 0.29) is 6.04 Å². The van der Waals surface area contributed by atoms with Crippen LogP contribution in [0.3, 0.4) is 0 Å². The van der Waals surface area contributed by atoms with Crippen LogP contribution < -0.4 is 5.32 Å². The van der Waals surface area contributed by atoms with Gasteiger partial charge in [0.2, 0.25) is 0 Å². The van der Waals surface area contributed by atoms with Gasteiger partial charge < -0.3 is 14.8 Å². The molecule has 0 saturated heterocycles. The molecule has 19 heavy (non-hydrogen) atoms. The van der Waals surface area contributed by atoms with Gasteiger partial charge in [0.15, 0.2) is 0 Å². The third-order valence-electron chi connectivity index (χ3n) is 2.91. The molecular weight excluding hydrogens is 310 g/mol. The highest BCUT2D eigenvalue weighted by Crippen LogP contribution is 2.20. The van der Waals surface area contributed by atoms with Crippen LogP contribution in [0.4, 0.5) is 0 Å². The number of halogens is 1. The van der Waals surface area contributed by atoms with Crippen LogP contribution in [-0.4, -0.2) is 27.5 Å². The monoisotopic (exact) mass is 327 g/mol. The first-order chi connectivity index (χ1) is 8.97. The molecule has 6 heteroatoms. The van der Waals surface area contributed by atoms with Crippen molar-refractivity contribution in [2.24, 2.45) is 0 Å². The highest BCUT2D eigenvalue weighted by molar-refractivity contribution is 9.10. The summed E-state index contributed by atoms with van der Waals surface area (Å²) < 4.78 is 8.05. The lowest BCUT2D eigenvalue weighted by molar-refractivity contribution is 0.0315. The van der Waals surface area contributed by atoms with E-state index >= 15 is 0 Å². The average Bonchev–Trinajstić information content (AvgIpc) is 2.98. The van der Waals surface area contributed by atoms with Gasteiger partial charge in [-0.3, -0.25) is 4.68 Å². The summed E-state index contributed by atoms with van der Waals surface area (Å²) in [6.07, 6.45) is 5.24. The lowest BCUT2D eigenvalue weighted by atomic mass is 10.0. The van der Waals surface area contributed by atoms with Crippen molar-refractivity contribution in [3.05, 3.63) is 41.0 Å². The standard InChI is InChI=1S/C13H18BrN3O2/c1-10(7-17-8-11(14)6-16-17)15-9-13(2,18)12-4-3-5-19-12/h3-6,8,10,15,18H,7,9H2,1-2H3. The van der Waals surface area contributed by atoms with E-state index < -0.39 is 5.60 Å². The topological polar surface area (TPSA) is 63.2 Å². The Morgan fingerprint density at radius 3 is 3.00 bits per heavy atom. The first-order valence-electron chi connectivity index (χ1n) is 6.15. The molecule has 0 fully saturated rings. The summed E-state index contributed by atoms with van der Waals surface area (Å²) in [7, 11) is 0. The summed E-state index contributed by atoms with van der Waals surface area (Å²) in [5.41, 5.74) is -1.01. The van der Waals surface area contributed by atoms with Crippen LogP contribution in [0.5, 0.6) is 0 Å². The third-order valence-corrected chi connectivity index (χ3v) is 3.32. The summed E-state index contributed by atoms with van der Waals surface area (Å²) in [6.45, 7) is 4.94. The second-order valence-corrected chi connectivity index (χ2v) is 5.83. The number of nitrogens with one attached hydrogen (secondary N) is 1. The van der Waals surface area contributed by atoms with Gasteiger partial charge in [0.1, 0.15) is 11.4 Å². The number of rotatable bonds is 6. The lowest BCUT2D eigenvalue weighted by Gasteiger charge is -2.24. The SMILES string of the molecule is CC(Cn1cc(Br)cn1)NCC(C)(O)c1ccco1. The zero-order valence-electron chi connectivity index (χ0n) is 11.0. The molecule has 2 aromatic rings. The molecule has 0 spiro atoms. The van der Waals surface area contributed by atoms with E-state index in [1.807, 2.05) is 17.8 Å². The van der Waals surface area contributed by atoms with Crippen molar-refractivity contribution in [1.82, 2.24) is 15.1 Å². The normalized spacial score (nSPS) is 16.2. The first-order valence-corrected chi connectivity index (χ1v) is 6.94. The quantitative estimate of drug-likeness (QED) is 0.853. The van der Waals surface area contributed by atoms with Crippen molar-refractivity contribution in [3.63, 3.8) is 0 Å². The second kappa shape index (κ2) is 5.90. The molecular formula is C13H18BrN3O2. The first kappa shape index (κ1) is 14.3. The molecule has 0 aliphatic heterocycles. The fraction of sp³-hybridized carbons (Fsp3) is 0.462. The number of aliphatic hydroxyl groups is 1. The minimum absolute atomic E-state index is 0.188. The number of nitrogens with zero attached hydrogens (tertiary/aromatic N) is 2. The van der Waals surface area contributed by atoms with Crippen LogP contribution >= 0.6 is 15.9 Å². The zero-order valence-corrected chi connectivity index (χ0v) is 12.6. The Balaban J connectivity index is 1.85. The highest BCUT2D eigenvalue weighted by Gasteiger charge is 2.26. The third kappa shape index (κ3) is 3.92. The summed E-state index contributed by atoms with van der Waals surface area (Å²) in [6, 6.07) is 3.74. The maximum Gasteiger partial charge on any atom is 0.136 e. The predicted octanol–water partition coefficient (Wildman–Crippen LogP) is 2.12. The largest absolute Gasteiger partial charge is 0.466 e. The van der Waals surface area contributed by atoms with E-state index in [0.29, 0.717) is 12.3 Å². The summed E-state index contributed by atoms with van der Waals surface area (Å²) in [4.78, 5) is 0. The van der Waals surface area contributed by atoms with Gasteiger partial charge >= 0.3 is 0 Å². The molecule has 0 amide bonds. The van der Waals surface area contributed by atoms with Crippen LogP contribution in [0.25, 0.3) is 0 Å².